The van der Waals surface area contributed by atoms with Crippen LogP contribution in [-0.4, -0.2) is 14.7 Å². The van der Waals surface area contributed by atoms with Gasteiger partial charge in [0.25, 0.3) is 0 Å². The van der Waals surface area contributed by atoms with E-state index in [1.54, 1.807) is 12.5 Å². The van der Waals surface area contributed by atoms with E-state index in [1.165, 1.54) is 0 Å². The molecule has 2 atom stereocenters. The van der Waals surface area contributed by atoms with E-state index in [1.807, 2.05) is 65.4 Å². The van der Waals surface area contributed by atoms with Gasteiger partial charge in [0.2, 0.25) is 0 Å². The van der Waals surface area contributed by atoms with Crippen LogP contribution < -0.4 is 4.74 Å². The number of imidazole rings is 1. The number of aliphatic hydroxyl groups excluding tert-OH is 1. The van der Waals surface area contributed by atoms with Crippen LogP contribution in [0.2, 0.25) is 0 Å². The minimum Gasteiger partial charge on any atom is -0.457 e. The largest absolute Gasteiger partial charge is 0.457 e. The number of para-hydroxylation sites is 1. The van der Waals surface area contributed by atoms with Gasteiger partial charge in [0.15, 0.2) is 0 Å². The first-order chi connectivity index (χ1) is 11.7. The molecular weight excluding hydrogens is 300 g/mol. The molecule has 4 nitrogen and oxygen atoms in total. The first kappa shape index (κ1) is 16.3. The molecule has 0 saturated heterocycles. The maximum absolute atomic E-state index is 10.5. The predicted octanol–water partition coefficient (Wildman–Crippen LogP) is 4.44. The van der Waals surface area contributed by atoms with Crippen molar-refractivity contribution in [2.24, 2.45) is 5.92 Å². The first-order valence-corrected chi connectivity index (χ1v) is 8.19. The Labute approximate surface area is 142 Å². The summed E-state index contributed by atoms with van der Waals surface area (Å²) in [5.41, 5.74) is 0.911. The van der Waals surface area contributed by atoms with E-state index in [0.717, 1.165) is 30.0 Å². The van der Waals surface area contributed by atoms with Gasteiger partial charge in [-0.15, -0.1) is 0 Å². The van der Waals surface area contributed by atoms with Gasteiger partial charge < -0.3 is 14.4 Å². The molecule has 124 valence electrons. The number of aliphatic hydroxyl groups is 1. The minimum atomic E-state index is -0.487. The summed E-state index contributed by atoms with van der Waals surface area (Å²) < 4.78 is 7.81. The van der Waals surface area contributed by atoms with Gasteiger partial charge in [-0.25, -0.2) is 4.98 Å². The van der Waals surface area contributed by atoms with Gasteiger partial charge >= 0.3 is 0 Å². The topological polar surface area (TPSA) is 47.3 Å². The molecule has 3 rings (SSSR count). The van der Waals surface area contributed by atoms with Gasteiger partial charge in [-0.05, 0) is 42.2 Å². The SMILES string of the molecule is CC(CCn1ccnc1)C(O)c1ccc(Oc2ccccc2)cc1. The van der Waals surface area contributed by atoms with E-state index >= 15 is 0 Å². The number of aromatic nitrogens is 2. The molecule has 1 heterocycles. The molecule has 0 aliphatic rings. The highest BCUT2D eigenvalue weighted by molar-refractivity contribution is 5.33. The van der Waals surface area contributed by atoms with Crippen LogP contribution in [0.25, 0.3) is 0 Å². The third-order valence-electron chi connectivity index (χ3n) is 4.14. The van der Waals surface area contributed by atoms with E-state index in [-0.39, 0.29) is 5.92 Å². The Morgan fingerprint density at radius 1 is 1.04 bits per heavy atom. The van der Waals surface area contributed by atoms with Crippen LogP contribution in [0.4, 0.5) is 0 Å². The van der Waals surface area contributed by atoms with Crippen molar-refractivity contribution in [2.45, 2.75) is 26.0 Å². The normalized spacial score (nSPS) is 13.4. The standard InChI is InChI=1S/C20H22N2O2/c1-16(11-13-22-14-12-21-15-22)20(23)17-7-9-19(10-8-17)24-18-5-3-2-4-6-18/h2-10,12,14-16,20,23H,11,13H2,1H3. The molecule has 1 N–H and O–H groups in total. The maximum Gasteiger partial charge on any atom is 0.127 e. The fourth-order valence-electron chi connectivity index (χ4n) is 2.62. The highest BCUT2D eigenvalue weighted by atomic mass is 16.5. The van der Waals surface area contributed by atoms with Crippen LogP contribution >= 0.6 is 0 Å². The summed E-state index contributed by atoms with van der Waals surface area (Å²) in [5.74, 6) is 1.73. The molecule has 0 spiro atoms. The second kappa shape index (κ2) is 7.79. The Balaban J connectivity index is 1.57. The molecule has 0 aliphatic heterocycles. The monoisotopic (exact) mass is 322 g/mol. The molecule has 0 fully saturated rings. The molecule has 3 aromatic rings. The van der Waals surface area contributed by atoms with Gasteiger partial charge in [0.1, 0.15) is 11.5 Å². The third kappa shape index (κ3) is 4.24. The lowest BCUT2D eigenvalue weighted by Crippen LogP contribution is -2.11. The fraction of sp³-hybridized carbons (Fsp3) is 0.250. The van der Waals surface area contributed by atoms with Crippen LogP contribution in [-0.2, 0) is 6.54 Å². The summed E-state index contributed by atoms with van der Waals surface area (Å²) in [5, 5.41) is 10.5. The number of aryl methyl sites for hydroxylation is 1. The summed E-state index contributed by atoms with van der Waals surface area (Å²) in [6, 6.07) is 17.3. The van der Waals surface area contributed by atoms with Crippen molar-refractivity contribution < 1.29 is 9.84 Å². The predicted molar refractivity (Wildman–Crippen MR) is 93.9 cm³/mol. The Kier molecular flexibility index (Phi) is 5.29. The molecule has 0 amide bonds. The summed E-state index contributed by atoms with van der Waals surface area (Å²) in [6.07, 6.45) is 5.91. The number of benzene rings is 2. The molecule has 24 heavy (non-hydrogen) atoms. The van der Waals surface area contributed by atoms with Crippen molar-refractivity contribution in [1.82, 2.24) is 9.55 Å². The molecule has 0 aliphatic carbocycles. The maximum atomic E-state index is 10.5. The van der Waals surface area contributed by atoms with Crippen molar-refractivity contribution in [2.75, 3.05) is 0 Å². The van der Waals surface area contributed by atoms with Crippen LogP contribution in [0.5, 0.6) is 11.5 Å². The van der Waals surface area contributed by atoms with Gasteiger partial charge in [0, 0.05) is 18.9 Å². The van der Waals surface area contributed by atoms with Crippen LogP contribution in [0.15, 0.2) is 73.3 Å². The Morgan fingerprint density at radius 2 is 1.75 bits per heavy atom. The van der Waals surface area contributed by atoms with E-state index in [0.29, 0.717) is 0 Å². The lowest BCUT2D eigenvalue weighted by Gasteiger charge is -2.19. The lowest BCUT2D eigenvalue weighted by molar-refractivity contribution is 0.110. The number of hydrogen-bond donors (Lipinski definition) is 1. The van der Waals surface area contributed by atoms with E-state index < -0.39 is 6.10 Å². The quantitative estimate of drug-likeness (QED) is 0.700. The highest BCUT2D eigenvalue weighted by Gasteiger charge is 2.16. The number of nitrogens with zero attached hydrogens (tertiary/aromatic N) is 2. The van der Waals surface area contributed by atoms with Crippen LogP contribution in [0.3, 0.4) is 0 Å². The van der Waals surface area contributed by atoms with Crippen molar-refractivity contribution >= 4 is 0 Å². The van der Waals surface area contributed by atoms with E-state index in [2.05, 4.69) is 11.9 Å². The second-order valence-electron chi connectivity index (χ2n) is 6.00. The van der Waals surface area contributed by atoms with Crippen LogP contribution in [0.1, 0.15) is 25.0 Å². The molecule has 0 saturated carbocycles. The van der Waals surface area contributed by atoms with E-state index in [4.69, 9.17) is 4.74 Å². The second-order valence-corrected chi connectivity index (χ2v) is 6.00. The zero-order valence-electron chi connectivity index (χ0n) is 13.7. The Hall–Kier alpha value is -2.59. The molecular formula is C20H22N2O2. The molecule has 2 aromatic carbocycles. The van der Waals surface area contributed by atoms with Crippen LogP contribution in [0, 0.1) is 5.92 Å². The number of ether oxygens (including phenoxy) is 1. The average Bonchev–Trinajstić information content (AvgIpc) is 3.14. The Morgan fingerprint density at radius 3 is 2.42 bits per heavy atom. The molecule has 1 aromatic heterocycles. The molecule has 0 bridgehead atoms. The number of rotatable bonds is 7. The molecule has 2 unspecified atom stereocenters. The summed E-state index contributed by atoms with van der Waals surface area (Å²) in [6.45, 7) is 2.92. The average molecular weight is 322 g/mol. The van der Waals surface area contributed by atoms with Crippen molar-refractivity contribution in [3.63, 3.8) is 0 Å². The minimum absolute atomic E-state index is 0.160. The Bertz CT molecular complexity index is 724. The summed E-state index contributed by atoms with van der Waals surface area (Å²) in [4.78, 5) is 4.03. The third-order valence-corrected chi connectivity index (χ3v) is 4.14. The summed E-state index contributed by atoms with van der Waals surface area (Å²) in [7, 11) is 0. The van der Waals surface area contributed by atoms with Crippen molar-refractivity contribution in [1.29, 1.82) is 0 Å². The number of hydrogen-bond acceptors (Lipinski definition) is 3. The fourth-order valence-corrected chi connectivity index (χ4v) is 2.62. The molecule has 0 radical (unpaired) electrons. The lowest BCUT2D eigenvalue weighted by atomic mass is 9.94. The van der Waals surface area contributed by atoms with Gasteiger partial charge in [-0.1, -0.05) is 37.3 Å². The summed E-state index contributed by atoms with van der Waals surface area (Å²) >= 11 is 0. The first-order valence-electron chi connectivity index (χ1n) is 8.19. The highest BCUT2D eigenvalue weighted by Crippen LogP contribution is 2.28. The zero-order chi connectivity index (χ0) is 16.8. The van der Waals surface area contributed by atoms with E-state index in [9.17, 15) is 5.11 Å². The van der Waals surface area contributed by atoms with Gasteiger partial charge in [-0.2, -0.15) is 0 Å². The van der Waals surface area contributed by atoms with Crippen molar-refractivity contribution in [3.05, 3.63) is 78.9 Å². The van der Waals surface area contributed by atoms with Gasteiger partial charge in [0.05, 0.1) is 12.4 Å². The van der Waals surface area contributed by atoms with Gasteiger partial charge in [-0.3, -0.25) is 0 Å². The smallest absolute Gasteiger partial charge is 0.127 e. The zero-order valence-corrected chi connectivity index (χ0v) is 13.7. The van der Waals surface area contributed by atoms with Crippen molar-refractivity contribution in [3.8, 4) is 11.5 Å². The molecule has 4 heteroatoms.